The Balaban J connectivity index is 0.00000420. The van der Waals surface area contributed by atoms with E-state index >= 15 is 0 Å². The molecule has 0 aliphatic rings. The van der Waals surface area contributed by atoms with Gasteiger partial charge in [-0.2, -0.15) is 0 Å². The first-order chi connectivity index (χ1) is 13.3. The van der Waals surface area contributed by atoms with Crippen LogP contribution < -0.4 is 10.6 Å². The standard InChI is InChI=1S/C19H27FN4O2S2.HI/c1-4-18-24-17(12-27-18)8-9-22-19(21-5-2)23-11-15-10-16(20)7-6-14(15)13-28(3,25)26;/h6-7,10,12H,4-5,8-9,11,13H2,1-3H3,(H2,21,22,23);1H. The van der Waals surface area contributed by atoms with Crippen molar-refractivity contribution >= 4 is 51.1 Å². The van der Waals surface area contributed by atoms with E-state index in [1.165, 1.54) is 18.2 Å². The number of sulfone groups is 1. The molecule has 162 valence electrons. The average Bonchev–Trinajstić information content (AvgIpc) is 3.08. The van der Waals surface area contributed by atoms with Gasteiger partial charge in [-0.05, 0) is 36.6 Å². The lowest BCUT2D eigenvalue weighted by Gasteiger charge is -2.12. The lowest BCUT2D eigenvalue weighted by Crippen LogP contribution is -2.38. The lowest BCUT2D eigenvalue weighted by atomic mass is 10.1. The molecule has 1 heterocycles. The van der Waals surface area contributed by atoms with Crippen molar-refractivity contribution in [1.29, 1.82) is 0 Å². The van der Waals surface area contributed by atoms with E-state index in [0.717, 1.165) is 29.8 Å². The summed E-state index contributed by atoms with van der Waals surface area (Å²) in [5.41, 5.74) is 2.18. The first-order valence-electron chi connectivity index (χ1n) is 9.21. The van der Waals surface area contributed by atoms with Gasteiger partial charge in [-0.3, -0.25) is 0 Å². The molecule has 2 rings (SSSR count). The predicted molar refractivity (Wildman–Crippen MR) is 128 cm³/mol. The lowest BCUT2D eigenvalue weighted by molar-refractivity contribution is 0.600. The molecular formula is C19H28FIN4O2S2. The number of aromatic nitrogens is 1. The van der Waals surface area contributed by atoms with Crippen LogP contribution in [-0.4, -0.2) is 38.7 Å². The highest BCUT2D eigenvalue weighted by atomic mass is 127. The quantitative estimate of drug-likeness (QED) is 0.283. The summed E-state index contributed by atoms with van der Waals surface area (Å²) in [6.07, 6.45) is 2.88. The minimum absolute atomic E-state index is 0. The van der Waals surface area contributed by atoms with Gasteiger partial charge in [0.15, 0.2) is 15.8 Å². The molecule has 0 unspecified atom stereocenters. The Labute approximate surface area is 193 Å². The topological polar surface area (TPSA) is 83.5 Å². The fraction of sp³-hybridized carbons (Fsp3) is 0.474. The molecule has 2 N–H and O–H groups in total. The Morgan fingerprint density at radius 3 is 2.62 bits per heavy atom. The zero-order valence-corrected chi connectivity index (χ0v) is 20.8. The van der Waals surface area contributed by atoms with E-state index in [-0.39, 0.29) is 36.3 Å². The summed E-state index contributed by atoms with van der Waals surface area (Å²) in [7, 11) is -3.21. The van der Waals surface area contributed by atoms with E-state index < -0.39 is 15.7 Å². The Kier molecular flexibility index (Phi) is 11.0. The number of benzene rings is 1. The van der Waals surface area contributed by atoms with Crippen molar-refractivity contribution in [3.05, 3.63) is 51.2 Å². The summed E-state index contributed by atoms with van der Waals surface area (Å²) < 4.78 is 36.9. The van der Waals surface area contributed by atoms with Gasteiger partial charge < -0.3 is 10.6 Å². The Morgan fingerprint density at radius 2 is 2.00 bits per heavy atom. The van der Waals surface area contributed by atoms with Crippen molar-refractivity contribution in [2.24, 2.45) is 4.99 Å². The molecule has 0 saturated carbocycles. The van der Waals surface area contributed by atoms with Crippen molar-refractivity contribution in [3.8, 4) is 0 Å². The molecular weight excluding hydrogens is 526 g/mol. The molecule has 29 heavy (non-hydrogen) atoms. The summed E-state index contributed by atoms with van der Waals surface area (Å²) in [4.78, 5) is 9.02. The molecule has 0 amide bonds. The molecule has 0 aliphatic carbocycles. The zero-order valence-electron chi connectivity index (χ0n) is 16.9. The van der Waals surface area contributed by atoms with Crippen molar-refractivity contribution in [1.82, 2.24) is 15.6 Å². The summed E-state index contributed by atoms with van der Waals surface area (Å²) in [5.74, 6) is 0.0600. The molecule has 0 fully saturated rings. The minimum atomic E-state index is -3.21. The summed E-state index contributed by atoms with van der Waals surface area (Å²) in [6.45, 7) is 5.58. The van der Waals surface area contributed by atoms with Crippen molar-refractivity contribution in [3.63, 3.8) is 0 Å². The maximum absolute atomic E-state index is 13.6. The number of halogens is 2. The third kappa shape index (κ3) is 9.39. The van der Waals surface area contributed by atoms with E-state index in [0.29, 0.717) is 30.2 Å². The fourth-order valence-electron chi connectivity index (χ4n) is 2.61. The zero-order chi connectivity index (χ0) is 20.6. The molecule has 0 aliphatic heterocycles. The van der Waals surface area contributed by atoms with Crippen molar-refractivity contribution in [2.45, 2.75) is 39.0 Å². The second-order valence-electron chi connectivity index (χ2n) is 6.44. The number of guanidine groups is 1. The van der Waals surface area contributed by atoms with E-state index in [2.05, 4.69) is 32.9 Å². The number of nitrogens with one attached hydrogen (secondary N) is 2. The number of aryl methyl sites for hydroxylation is 1. The van der Waals surface area contributed by atoms with Gasteiger partial charge in [-0.15, -0.1) is 35.3 Å². The van der Waals surface area contributed by atoms with Crippen LogP contribution in [0.1, 0.15) is 35.7 Å². The van der Waals surface area contributed by atoms with Gasteiger partial charge in [0.25, 0.3) is 0 Å². The molecule has 0 saturated heterocycles. The molecule has 1 aromatic carbocycles. The van der Waals surface area contributed by atoms with Crippen LogP contribution in [-0.2, 0) is 35.0 Å². The molecule has 0 atom stereocenters. The van der Waals surface area contributed by atoms with Crippen LogP contribution in [0, 0.1) is 5.82 Å². The maximum atomic E-state index is 13.6. The molecule has 6 nitrogen and oxygen atoms in total. The van der Waals surface area contributed by atoms with Gasteiger partial charge >= 0.3 is 0 Å². The molecule has 0 spiro atoms. The smallest absolute Gasteiger partial charge is 0.191 e. The van der Waals surface area contributed by atoms with Crippen LogP contribution in [0.15, 0.2) is 28.6 Å². The Bertz CT molecular complexity index is 917. The Morgan fingerprint density at radius 1 is 1.24 bits per heavy atom. The highest BCUT2D eigenvalue weighted by Crippen LogP contribution is 2.15. The van der Waals surface area contributed by atoms with E-state index in [1.807, 2.05) is 6.92 Å². The minimum Gasteiger partial charge on any atom is -0.357 e. The van der Waals surface area contributed by atoms with Gasteiger partial charge in [0.2, 0.25) is 0 Å². The van der Waals surface area contributed by atoms with Crippen LogP contribution in [0.25, 0.3) is 0 Å². The molecule has 1 aromatic heterocycles. The number of hydrogen-bond acceptors (Lipinski definition) is 5. The van der Waals surface area contributed by atoms with Gasteiger partial charge in [0.05, 0.1) is 23.0 Å². The number of thiazole rings is 1. The van der Waals surface area contributed by atoms with Crippen LogP contribution in [0.2, 0.25) is 0 Å². The second kappa shape index (κ2) is 12.4. The monoisotopic (exact) mass is 554 g/mol. The summed E-state index contributed by atoms with van der Waals surface area (Å²) >= 11 is 1.66. The van der Waals surface area contributed by atoms with Gasteiger partial charge in [-0.25, -0.2) is 22.8 Å². The second-order valence-corrected chi connectivity index (χ2v) is 9.52. The van der Waals surface area contributed by atoms with Crippen LogP contribution >= 0.6 is 35.3 Å². The van der Waals surface area contributed by atoms with E-state index in [1.54, 1.807) is 11.3 Å². The number of hydrogen-bond donors (Lipinski definition) is 2. The number of aliphatic imine (C=N–C) groups is 1. The average molecular weight is 554 g/mol. The number of rotatable bonds is 9. The van der Waals surface area contributed by atoms with Crippen LogP contribution in [0.5, 0.6) is 0 Å². The van der Waals surface area contributed by atoms with E-state index in [4.69, 9.17) is 0 Å². The van der Waals surface area contributed by atoms with Gasteiger partial charge in [0, 0.05) is 31.1 Å². The van der Waals surface area contributed by atoms with Crippen molar-refractivity contribution in [2.75, 3.05) is 19.3 Å². The highest BCUT2D eigenvalue weighted by Gasteiger charge is 2.11. The largest absolute Gasteiger partial charge is 0.357 e. The summed E-state index contributed by atoms with van der Waals surface area (Å²) in [6, 6.07) is 4.12. The first kappa shape index (κ1) is 25.8. The number of nitrogens with zero attached hydrogens (tertiary/aromatic N) is 2. The normalized spacial score (nSPS) is 11.8. The van der Waals surface area contributed by atoms with Gasteiger partial charge in [0.1, 0.15) is 5.82 Å². The summed E-state index contributed by atoms with van der Waals surface area (Å²) in [5, 5.41) is 9.58. The van der Waals surface area contributed by atoms with Crippen molar-refractivity contribution < 1.29 is 12.8 Å². The highest BCUT2D eigenvalue weighted by molar-refractivity contribution is 14.0. The molecule has 2 aromatic rings. The fourth-order valence-corrected chi connectivity index (χ4v) is 4.23. The predicted octanol–water partition coefficient (Wildman–Crippen LogP) is 3.31. The third-order valence-corrected chi connectivity index (χ3v) is 5.79. The third-order valence-electron chi connectivity index (χ3n) is 3.91. The maximum Gasteiger partial charge on any atom is 0.191 e. The molecule has 0 radical (unpaired) electrons. The van der Waals surface area contributed by atoms with Crippen LogP contribution in [0.4, 0.5) is 4.39 Å². The molecule has 10 heteroatoms. The van der Waals surface area contributed by atoms with Crippen LogP contribution in [0.3, 0.4) is 0 Å². The Hall–Kier alpha value is -1.27. The SMILES string of the molecule is CCNC(=NCc1cc(F)ccc1CS(C)(=O)=O)NCCc1csc(CC)n1.I. The molecule has 0 bridgehead atoms. The first-order valence-corrected chi connectivity index (χ1v) is 12.1. The van der Waals surface area contributed by atoms with Gasteiger partial charge in [-0.1, -0.05) is 13.0 Å². The van der Waals surface area contributed by atoms with E-state index in [9.17, 15) is 12.8 Å².